The molecular formula is C50H51ClN12O2. The molecule has 0 radical (unpaired) electrons. The standard InChI is InChI=1S/C25H24ClN5O.C25H27N7O/c1-17-8-5-6-12-21(17)30-24-23(26)20(14-27)22(15-28-24)31-13-7-11-19(16-31)29-25(32)18-9-3-2-4-10-18;1-16-8-5-6-12-19(16)29-24-22-21(23(26)31-30-22)20(14-27-24)32-13-7-11-18(15-32)28-25(33)17-9-3-2-4-10-17/h2-6,8-10,12,15,19H,7,11,13,16H2,1H3,(H,28,30)(H,29,32);2-6,8-10,12,14,18H,7,11,13,15H2,1H3,(H,27,29)(H,28,33)(H3,26,30,31)/t19-;18-/m11/s1. The molecule has 0 spiro atoms. The number of anilines is 7. The average molecular weight is 887 g/mol. The molecule has 2 aliphatic heterocycles. The monoisotopic (exact) mass is 886 g/mol. The van der Waals surface area contributed by atoms with Crippen LogP contribution in [-0.2, 0) is 0 Å². The van der Waals surface area contributed by atoms with Gasteiger partial charge in [0.05, 0.1) is 34.7 Å². The van der Waals surface area contributed by atoms with E-state index in [0.29, 0.717) is 57.9 Å². The molecule has 15 heteroatoms. The number of aryl methyl sites for hydroxylation is 2. The number of aromatic nitrogens is 4. The fourth-order valence-corrected chi connectivity index (χ4v) is 8.55. The van der Waals surface area contributed by atoms with E-state index < -0.39 is 0 Å². The molecule has 14 nitrogen and oxygen atoms in total. The molecular weight excluding hydrogens is 836 g/mol. The molecule has 0 bridgehead atoms. The van der Waals surface area contributed by atoms with E-state index in [0.717, 1.165) is 77.9 Å². The third-order valence-electron chi connectivity index (χ3n) is 11.8. The number of halogens is 1. The fourth-order valence-electron chi connectivity index (χ4n) is 8.31. The number of piperidine rings is 2. The first-order chi connectivity index (χ1) is 31.7. The molecule has 2 atom stereocenters. The molecule has 9 rings (SSSR count). The second-order valence-corrected chi connectivity index (χ2v) is 16.7. The van der Waals surface area contributed by atoms with Gasteiger partial charge in [-0.1, -0.05) is 84.4 Å². The summed E-state index contributed by atoms with van der Waals surface area (Å²) in [5.41, 5.74) is 14.4. The Morgan fingerprint density at radius 1 is 0.708 bits per heavy atom. The SMILES string of the molecule is Cc1ccccc1Nc1ncc(N2CCC[C@@H](NC(=O)c3ccccc3)C2)c(C#N)c1Cl.Cc1ccccc1Nc1ncc(N2CCC[C@@H](NC(=O)c3ccccc3)C2)c2c(N)n[nH]c12. The van der Waals surface area contributed by atoms with Crippen molar-refractivity contribution in [2.45, 2.75) is 51.6 Å². The van der Waals surface area contributed by atoms with Crippen LogP contribution in [-0.4, -0.2) is 70.2 Å². The number of fused-ring (bicyclic) bond motifs is 1. The van der Waals surface area contributed by atoms with Crippen molar-refractivity contribution in [1.29, 1.82) is 5.26 Å². The van der Waals surface area contributed by atoms with Gasteiger partial charge in [-0.05, 0) is 87.1 Å². The number of rotatable bonds is 10. The number of nitriles is 1. The highest BCUT2D eigenvalue weighted by Gasteiger charge is 2.27. The first kappa shape index (κ1) is 44.0. The van der Waals surface area contributed by atoms with Crippen LogP contribution < -0.4 is 36.8 Å². The molecule has 2 amide bonds. The van der Waals surface area contributed by atoms with Crippen molar-refractivity contribution >= 4 is 74.5 Å². The third-order valence-corrected chi connectivity index (χ3v) is 12.1. The number of carbonyl (C=O) groups is 2. The number of hydrogen-bond donors (Lipinski definition) is 6. The largest absolute Gasteiger partial charge is 0.382 e. The zero-order valence-corrected chi connectivity index (χ0v) is 37.1. The third kappa shape index (κ3) is 10.3. The quantitative estimate of drug-likeness (QED) is 0.0768. The van der Waals surface area contributed by atoms with E-state index in [2.05, 4.69) is 52.3 Å². The predicted molar refractivity (Wildman–Crippen MR) is 259 cm³/mol. The zero-order chi connectivity index (χ0) is 45.3. The highest BCUT2D eigenvalue weighted by molar-refractivity contribution is 6.34. The van der Waals surface area contributed by atoms with Gasteiger partial charge >= 0.3 is 0 Å². The summed E-state index contributed by atoms with van der Waals surface area (Å²) in [4.78, 5) is 38.7. The molecule has 2 saturated heterocycles. The maximum atomic E-state index is 12.6. The van der Waals surface area contributed by atoms with Gasteiger partial charge in [0.2, 0.25) is 0 Å². The lowest BCUT2D eigenvalue weighted by Crippen LogP contribution is -2.48. The molecule has 5 heterocycles. The molecule has 3 aromatic heterocycles. The number of nitrogens with one attached hydrogen (secondary N) is 5. The number of H-pyrrole nitrogens is 1. The summed E-state index contributed by atoms with van der Waals surface area (Å²) >= 11 is 6.59. The number of para-hydroxylation sites is 2. The first-order valence-electron chi connectivity index (χ1n) is 21.7. The number of nitrogens with zero attached hydrogens (tertiary/aromatic N) is 6. The van der Waals surface area contributed by atoms with Crippen LogP contribution in [0.5, 0.6) is 0 Å². The molecule has 7 aromatic rings. The summed E-state index contributed by atoms with van der Waals surface area (Å²) in [5, 5.41) is 31.2. The molecule has 0 aliphatic carbocycles. The normalized spacial score (nSPS) is 15.8. The Kier molecular flexibility index (Phi) is 13.7. The highest BCUT2D eigenvalue weighted by atomic mass is 35.5. The van der Waals surface area contributed by atoms with Crippen molar-refractivity contribution in [2.75, 3.05) is 52.3 Å². The number of nitrogens with two attached hydrogens (primary N) is 1. The number of hydrogen-bond acceptors (Lipinski definition) is 11. The van der Waals surface area contributed by atoms with E-state index in [1.165, 1.54) is 0 Å². The maximum absolute atomic E-state index is 12.6. The van der Waals surface area contributed by atoms with Gasteiger partial charge in [-0.15, -0.1) is 0 Å². The van der Waals surface area contributed by atoms with Crippen molar-refractivity contribution in [3.05, 3.63) is 154 Å². The van der Waals surface area contributed by atoms with Crippen molar-refractivity contribution < 1.29 is 9.59 Å². The highest BCUT2D eigenvalue weighted by Crippen LogP contribution is 2.37. The lowest BCUT2D eigenvalue weighted by Gasteiger charge is -2.35. The lowest BCUT2D eigenvalue weighted by atomic mass is 10.0. The number of nitrogen functional groups attached to an aromatic ring is 1. The Labute approximate surface area is 383 Å². The maximum Gasteiger partial charge on any atom is 0.251 e. The molecule has 330 valence electrons. The van der Waals surface area contributed by atoms with E-state index >= 15 is 0 Å². The summed E-state index contributed by atoms with van der Waals surface area (Å²) in [7, 11) is 0. The number of pyridine rings is 2. The Balaban J connectivity index is 0.000000177. The zero-order valence-electron chi connectivity index (χ0n) is 36.3. The van der Waals surface area contributed by atoms with Crippen LogP contribution in [0.25, 0.3) is 10.9 Å². The van der Waals surface area contributed by atoms with Crippen LogP contribution in [0.3, 0.4) is 0 Å². The van der Waals surface area contributed by atoms with Gasteiger partial charge in [-0.2, -0.15) is 10.4 Å². The smallest absolute Gasteiger partial charge is 0.251 e. The molecule has 4 aromatic carbocycles. The van der Waals surface area contributed by atoms with Crippen LogP contribution in [0.1, 0.15) is 63.1 Å². The Morgan fingerprint density at radius 3 is 1.72 bits per heavy atom. The average Bonchev–Trinajstić information content (AvgIpc) is 3.73. The second kappa shape index (κ2) is 20.3. The number of benzene rings is 4. The van der Waals surface area contributed by atoms with E-state index in [1.807, 2.05) is 117 Å². The molecule has 0 saturated carbocycles. The van der Waals surface area contributed by atoms with Gasteiger partial charge in [0.1, 0.15) is 16.6 Å². The Bertz CT molecular complexity index is 2830. The minimum atomic E-state index is -0.0908. The minimum absolute atomic E-state index is 0.0217. The van der Waals surface area contributed by atoms with Gasteiger partial charge in [0.25, 0.3) is 11.8 Å². The minimum Gasteiger partial charge on any atom is -0.382 e. The van der Waals surface area contributed by atoms with Gasteiger partial charge in [0.15, 0.2) is 17.5 Å². The van der Waals surface area contributed by atoms with Gasteiger partial charge in [0, 0.05) is 60.8 Å². The van der Waals surface area contributed by atoms with Gasteiger partial charge in [-0.3, -0.25) is 14.7 Å². The van der Waals surface area contributed by atoms with Crippen LogP contribution in [0.4, 0.5) is 40.2 Å². The summed E-state index contributed by atoms with van der Waals surface area (Å²) in [6, 6.07) is 36.6. The van der Waals surface area contributed by atoms with Crippen LogP contribution >= 0.6 is 11.6 Å². The van der Waals surface area contributed by atoms with E-state index in [4.69, 9.17) is 22.3 Å². The van der Waals surface area contributed by atoms with Crippen molar-refractivity contribution in [2.24, 2.45) is 0 Å². The molecule has 65 heavy (non-hydrogen) atoms. The predicted octanol–water partition coefficient (Wildman–Crippen LogP) is 9.05. The second-order valence-electron chi connectivity index (χ2n) is 16.3. The van der Waals surface area contributed by atoms with Crippen molar-refractivity contribution in [1.82, 2.24) is 30.8 Å². The Hall–Kier alpha value is -7.63. The lowest BCUT2D eigenvalue weighted by molar-refractivity contribution is 0.0924. The number of carbonyl (C=O) groups excluding carboxylic acids is 2. The van der Waals surface area contributed by atoms with Crippen molar-refractivity contribution in [3.8, 4) is 6.07 Å². The molecule has 7 N–H and O–H groups in total. The fraction of sp³-hybridized carbons (Fsp3) is 0.240. The summed E-state index contributed by atoms with van der Waals surface area (Å²) in [6.45, 7) is 6.96. The number of amides is 2. The van der Waals surface area contributed by atoms with Crippen LogP contribution in [0, 0.1) is 25.2 Å². The van der Waals surface area contributed by atoms with Gasteiger partial charge in [-0.25, -0.2) is 9.97 Å². The summed E-state index contributed by atoms with van der Waals surface area (Å²) in [5.74, 6) is 1.43. The summed E-state index contributed by atoms with van der Waals surface area (Å²) < 4.78 is 0. The van der Waals surface area contributed by atoms with Crippen LogP contribution in [0.15, 0.2) is 122 Å². The molecule has 2 aliphatic rings. The molecule has 2 fully saturated rings. The Morgan fingerprint density at radius 2 is 1.18 bits per heavy atom. The van der Waals surface area contributed by atoms with E-state index in [9.17, 15) is 14.9 Å². The topological polar surface area (TPSA) is 193 Å². The summed E-state index contributed by atoms with van der Waals surface area (Å²) in [6.07, 6.45) is 7.20. The van der Waals surface area contributed by atoms with Crippen LogP contribution in [0.2, 0.25) is 5.02 Å². The number of aromatic amines is 1. The van der Waals surface area contributed by atoms with E-state index in [-0.39, 0.29) is 23.9 Å². The van der Waals surface area contributed by atoms with Gasteiger partial charge < -0.3 is 36.8 Å². The van der Waals surface area contributed by atoms with Crippen molar-refractivity contribution in [3.63, 3.8) is 0 Å². The van der Waals surface area contributed by atoms with E-state index in [1.54, 1.807) is 18.3 Å². The molecule has 0 unspecified atom stereocenters. The first-order valence-corrected chi connectivity index (χ1v) is 22.1.